The maximum absolute atomic E-state index is 10.5. The number of carboxylic acid groups (broad SMARTS) is 1. The summed E-state index contributed by atoms with van der Waals surface area (Å²) in [5.74, 6) is -0.656. The molecule has 2 rings (SSSR count). The largest absolute Gasteiger partial charge is 0.543 e. The summed E-state index contributed by atoms with van der Waals surface area (Å²) >= 11 is 0. The number of pyridine rings is 1. The van der Waals surface area contributed by atoms with E-state index in [1.807, 2.05) is 19.1 Å². The van der Waals surface area contributed by atoms with Gasteiger partial charge in [-0.05, 0) is 19.1 Å². The molecule has 0 fully saturated rings. The van der Waals surface area contributed by atoms with Crippen LogP contribution >= 0.6 is 0 Å². The van der Waals surface area contributed by atoms with Crippen LogP contribution in [0.5, 0.6) is 0 Å². The van der Waals surface area contributed by atoms with Gasteiger partial charge in [0.15, 0.2) is 0 Å². The molecule has 2 aromatic heterocycles. The van der Waals surface area contributed by atoms with Crippen molar-refractivity contribution in [3.05, 3.63) is 42.1 Å². The second-order valence-electron chi connectivity index (χ2n) is 3.09. The molecule has 0 unspecified atom stereocenters. The first-order chi connectivity index (χ1) is 7.16. The van der Waals surface area contributed by atoms with Gasteiger partial charge in [-0.15, -0.1) is 0 Å². The van der Waals surface area contributed by atoms with Crippen molar-refractivity contribution < 1.29 is 9.90 Å². The molecule has 2 aromatic rings. The van der Waals surface area contributed by atoms with Crippen molar-refractivity contribution in [2.24, 2.45) is 0 Å². The highest BCUT2D eigenvalue weighted by atomic mass is 16.4. The zero-order valence-corrected chi connectivity index (χ0v) is 8.04. The van der Waals surface area contributed by atoms with E-state index in [-0.39, 0.29) is 5.69 Å². The van der Waals surface area contributed by atoms with E-state index in [1.165, 1.54) is 17.1 Å². The minimum Gasteiger partial charge on any atom is -0.543 e. The van der Waals surface area contributed by atoms with Crippen LogP contribution in [0.1, 0.15) is 16.2 Å². The molecule has 0 saturated carbocycles. The molecule has 2 heterocycles. The van der Waals surface area contributed by atoms with Gasteiger partial charge in [0.05, 0.1) is 5.97 Å². The summed E-state index contributed by atoms with van der Waals surface area (Å²) in [6, 6.07) is 5.48. The fourth-order valence-electron chi connectivity index (χ4n) is 1.23. The average Bonchev–Trinajstić information content (AvgIpc) is 2.66. The number of hydrogen-bond acceptors (Lipinski definition) is 4. The number of aryl methyl sites for hydroxylation is 1. The molecule has 0 saturated heterocycles. The Morgan fingerprint density at radius 2 is 2.27 bits per heavy atom. The number of carbonyl (C=O) groups is 1. The molecule has 0 N–H and O–H groups in total. The number of hydrogen-bond donors (Lipinski definition) is 0. The van der Waals surface area contributed by atoms with E-state index < -0.39 is 5.97 Å². The maximum Gasteiger partial charge on any atom is 0.138 e. The molecule has 0 atom stereocenters. The van der Waals surface area contributed by atoms with Crippen molar-refractivity contribution in [3.63, 3.8) is 0 Å². The van der Waals surface area contributed by atoms with Crippen LogP contribution < -0.4 is 5.11 Å². The van der Waals surface area contributed by atoms with Crippen molar-refractivity contribution in [2.45, 2.75) is 6.92 Å². The van der Waals surface area contributed by atoms with Crippen molar-refractivity contribution >= 4 is 5.97 Å². The third-order valence-electron chi connectivity index (χ3n) is 1.93. The van der Waals surface area contributed by atoms with Crippen molar-refractivity contribution in [1.82, 2.24) is 14.5 Å². The zero-order chi connectivity index (χ0) is 10.8. The predicted molar refractivity (Wildman–Crippen MR) is 50.4 cm³/mol. The fraction of sp³-hybridized carbons (Fsp3) is 0.100. The third kappa shape index (κ3) is 1.85. The van der Waals surface area contributed by atoms with E-state index in [0.29, 0.717) is 5.82 Å². The second-order valence-corrected chi connectivity index (χ2v) is 3.09. The van der Waals surface area contributed by atoms with Gasteiger partial charge in [0.25, 0.3) is 0 Å². The summed E-state index contributed by atoms with van der Waals surface area (Å²) in [5, 5.41) is 10.5. The van der Waals surface area contributed by atoms with Crippen LogP contribution in [0, 0.1) is 6.92 Å². The lowest BCUT2D eigenvalue weighted by Crippen LogP contribution is -2.22. The third-order valence-corrected chi connectivity index (χ3v) is 1.93. The van der Waals surface area contributed by atoms with Gasteiger partial charge in [0.1, 0.15) is 17.8 Å². The van der Waals surface area contributed by atoms with Gasteiger partial charge in [0.2, 0.25) is 0 Å². The molecule has 76 valence electrons. The Balaban J connectivity index is 2.41. The first-order valence-electron chi connectivity index (χ1n) is 4.36. The molecule has 0 aromatic carbocycles. The van der Waals surface area contributed by atoms with Crippen LogP contribution in [0.4, 0.5) is 0 Å². The molecule has 15 heavy (non-hydrogen) atoms. The van der Waals surface area contributed by atoms with Crippen LogP contribution in [-0.4, -0.2) is 20.5 Å². The fourth-order valence-corrected chi connectivity index (χ4v) is 1.23. The SMILES string of the molecule is Cc1cccc(-n2cnc(C(=O)[O-])c2)n1. The first-order valence-corrected chi connectivity index (χ1v) is 4.36. The lowest BCUT2D eigenvalue weighted by Gasteiger charge is -2.01. The van der Waals surface area contributed by atoms with E-state index in [9.17, 15) is 9.90 Å². The molecular weight excluding hydrogens is 194 g/mol. The molecular formula is C10H8N3O2-. The Hall–Kier alpha value is -2.17. The Bertz CT molecular complexity index is 505. The average molecular weight is 202 g/mol. The number of imidazole rings is 1. The molecule has 5 nitrogen and oxygen atoms in total. The van der Waals surface area contributed by atoms with Gasteiger partial charge < -0.3 is 9.90 Å². The van der Waals surface area contributed by atoms with Crippen LogP contribution in [0.3, 0.4) is 0 Å². The molecule has 0 spiro atoms. The predicted octanol–water partition coefficient (Wildman–Crippen LogP) is -0.0608. The Morgan fingerprint density at radius 1 is 1.47 bits per heavy atom. The van der Waals surface area contributed by atoms with E-state index in [0.717, 1.165) is 5.69 Å². The van der Waals surface area contributed by atoms with E-state index >= 15 is 0 Å². The summed E-state index contributed by atoms with van der Waals surface area (Å²) < 4.78 is 1.54. The van der Waals surface area contributed by atoms with Gasteiger partial charge in [-0.1, -0.05) is 6.07 Å². The van der Waals surface area contributed by atoms with E-state index in [1.54, 1.807) is 6.07 Å². The number of rotatable bonds is 2. The minimum atomic E-state index is -1.29. The molecule has 0 aliphatic carbocycles. The zero-order valence-electron chi connectivity index (χ0n) is 8.04. The number of carboxylic acids is 1. The van der Waals surface area contributed by atoms with Crippen LogP contribution in [0.15, 0.2) is 30.7 Å². The highest BCUT2D eigenvalue weighted by Crippen LogP contribution is 2.06. The van der Waals surface area contributed by atoms with E-state index in [2.05, 4.69) is 9.97 Å². The normalized spacial score (nSPS) is 10.2. The molecule has 5 heteroatoms. The van der Waals surface area contributed by atoms with Gasteiger partial charge in [-0.2, -0.15) is 0 Å². The molecule has 0 aliphatic rings. The molecule has 0 amide bonds. The summed E-state index contributed by atoms with van der Waals surface area (Å²) in [4.78, 5) is 18.4. The smallest absolute Gasteiger partial charge is 0.138 e. The van der Waals surface area contributed by atoms with Gasteiger partial charge in [-0.25, -0.2) is 9.97 Å². The standard InChI is InChI=1S/C10H9N3O2/c1-7-3-2-4-9(12-7)13-5-8(10(14)15)11-6-13/h2-6H,1H3,(H,14,15)/p-1. The summed E-state index contributed by atoms with van der Waals surface area (Å²) in [7, 11) is 0. The van der Waals surface area contributed by atoms with Crippen molar-refractivity contribution in [2.75, 3.05) is 0 Å². The number of aromatic carboxylic acids is 1. The topological polar surface area (TPSA) is 70.8 Å². The quantitative estimate of drug-likeness (QED) is 0.684. The molecule has 0 radical (unpaired) electrons. The van der Waals surface area contributed by atoms with Crippen molar-refractivity contribution in [3.8, 4) is 5.82 Å². The summed E-state index contributed by atoms with van der Waals surface area (Å²) in [6.45, 7) is 1.86. The van der Waals surface area contributed by atoms with E-state index in [4.69, 9.17) is 0 Å². The summed E-state index contributed by atoms with van der Waals surface area (Å²) in [6.07, 6.45) is 2.77. The Kier molecular flexibility index (Phi) is 2.21. The van der Waals surface area contributed by atoms with Gasteiger partial charge >= 0.3 is 0 Å². The first kappa shape index (κ1) is 9.39. The lowest BCUT2D eigenvalue weighted by atomic mass is 10.4. The molecule has 0 bridgehead atoms. The monoisotopic (exact) mass is 202 g/mol. The van der Waals surface area contributed by atoms with Crippen LogP contribution in [0.25, 0.3) is 5.82 Å². The minimum absolute atomic E-state index is 0.0988. The van der Waals surface area contributed by atoms with Crippen molar-refractivity contribution in [1.29, 1.82) is 0 Å². The molecule has 0 aliphatic heterocycles. The van der Waals surface area contributed by atoms with Gasteiger partial charge in [-0.3, -0.25) is 4.57 Å². The number of nitrogens with zero attached hydrogens (tertiary/aromatic N) is 3. The maximum atomic E-state index is 10.5. The Morgan fingerprint density at radius 3 is 2.87 bits per heavy atom. The Labute approximate surface area is 86.0 Å². The van der Waals surface area contributed by atoms with Crippen LogP contribution in [0.2, 0.25) is 0 Å². The summed E-state index contributed by atoms with van der Waals surface area (Å²) in [5.41, 5.74) is 0.759. The van der Waals surface area contributed by atoms with Crippen LogP contribution in [-0.2, 0) is 0 Å². The van der Waals surface area contributed by atoms with Gasteiger partial charge in [0, 0.05) is 11.9 Å². The number of aromatic nitrogens is 3. The highest BCUT2D eigenvalue weighted by molar-refractivity contribution is 5.83. The lowest BCUT2D eigenvalue weighted by molar-refractivity contribution is -0.255. The number of carbonyl (C=O) groups excluding carboxylic acids is 1. The highest BCUT2D eigenvalue weighted by Gasteiger charge is 2.02. The second kappa shape index (κ2) is 3.53.